The van der Waals surface area contributed by atoms with Crippen LogP contribution in [0.3, 0.4) is 0 Å². The molecule has 112 valence electrons. The topological polar surface area (TPSA) is 72.2 Å². The van der Waals surface area contributed by atoms with Gasteiger partial charge in [-0.05, 0) is 61.8 Å². The van der Waals surface area contributed by atoms with Crippen molar-refractivity contribution in [2.45, 2.75) is 51.0 Å². The summed E-state index contributed by atoms with van der Waals surface area (Å²) in [5.41, 5.74) is 7.14. The molecule has 3 N–H and O–H groups in total. The second-order valence-electron chi connectivity index (χ2n) is 6.10. The first-order chi connectivity index (χ1) is 9.29. The van der Waals surface area contributed by atoms with E-state index in [4.69, 9.17) is 5.73 Å². The molecule has 3 unspecified atom stereocenters. The number of nitrogen functional groups attached to an aromatic ring is 1. The number of anilines is 1. The molecule has 1 fully saturated rings. The number of hydrogen-bond donors (Lipinski definition) is 2. The number of rotatable bonds is 3. The fourth-order valence-electron chi connectivity index (χ4n) is 2.76. The molecule has 0 heterocycles. The zero-order chi connectivity index (χ0) is 14.9. The molecule has 1 aliphatic rings. The average molecular weight is 296 g/mol. The molecule has 0 radical (unpaired) electrons. The molecule has 0 spiro atoms. The molecule has 2 rings (SSSR count). The molecule has 0 aromatic heterocycles. The Morgan fingerprint density at radius 3 is 2.50 bits per heavy atom. The number of aryl methyl sites for hydroxylation is 1. The molecule has 1 aliphatic carbocycles. The zero-order valence-electron chi connectivity index (χ0n) is 12.4. The highest BCUT2D eigenvalue weighted by atomic mass is 32.2. The Labute approximate surface area is 121 Å². The molecule has 1 aromatic rings. The minimum absolute atomic E-state index is 0.0454. The van der Waals surface area contributed by atoms with Crippen LogP contribution < -0.4 is 10.5 Å². The molecular formula is C15H24N2O2S. The van der Waals surface area contributed by atoms with E-state index >= 15 is 0 Å². The van der Waals surface area contributed by atoms with Crippen molar-refractivity contribution in [2.24, 2.45) is 11.8 Å². The standard InChI is InChI=1S/C15H24N2O2S/c1-10-4-5-13(8-11(10)2)17-20(18,19)14-6-7-15(16)12(3)9-14/h6-7,9-11,13,17H,4-5,8,16H2,1-3H3. The largest absolute Gasteiger partial charge is 0.399 e. The molecular weight excluding hydrogens is 272 g/mol. The molecule has 3 atom stereocenters. The van der Waals surface area contributed by atoms with Gasteiger partial charge in [-0.2, -0.15) is 0 Å². The molecule has 0 bridgehead atoms. The van der Waals surface area contributed by atoms with Gasteiger partial charge in [0.2, 0.25) is 10.0 Å². The summed E-state index contributed by atoms with van der Waals surface area (Å²) in [6.07, 6.45) is 2.90. The maximum Gasteiger partial charge on any atom is 0.240 e. The predicted octanol–water partition coefficient (Wildman–Crippen LogP) is 2.68. The first-order valence-corrected chi connectivity index (χ1v) is 8.66. The van der Waals surface area contributed by atoms with Crippen LogP contribution in [0.2, 0.25) is 0 Å². The Morgan fingerprint density at radius 1 is 1.20 bits per heavy atom. The fraction of sp³-hybridized carbons (Fsp3) is 0.600. The number of benzene rings is 1. The molecule has 5 heteroatoms. The summed E-state index contributed by atoms with van der Waals surface area (Å²) in [7, 11) is -3.45. The third-order valence-corrected chi connectivity index (χ3v) is 5.99. The molecule has 20 heavy (non-hydrogen) atoms. The third-order valence-electron chi connectivity index (χ3n) is 4.47. The highest BCUT2D eigenvalue weighted by Gasteiger charge is 2.28. The lowest BCUT2D eigenvalue weighted by Crippen LogP contribution is -2.39. The van der Waals surface area contributed by atoms with Gasteiger partial charge in [-0.1, -0.05) is 13.8 Å². The third kappa shape index (κ3) is 3.33. The van der Waals surface area contributed by atoms with E-state index in [1.54, 1.807) is 18.2 Å². The minimum Gasteiger partial charge on any atom is -0.399 e. The average Bonchev–Trinajstić information content (AvgIpc) is 2.37. The van der Waals surface area contributed by atoms with Crippen molar-refractivity contribution in [3.8, 4) is 0 Å². The van der Waals surface area contributed by atoms with Crippen LogP contribution >= 0.6 is 0 Å². The molecule has 0 amide bonds. The van der Waals surface area contributed by atoms with Gasteiger partial charge in [0, 0.05) is 11.7 Å². The highest BCUT2D eigenvalue weighted by molar-refractivity contribution is 7.89. The van der Waals surface area contributed by atoms with E-state index in [2.05, 4.69) is 18.6 Å². The van der Waals surface area contributed by atoms with Crippen LogP contribution in [-0.2, 0) is 10.0 Å². The summed E-state index contributed by atoms with van der Waals surface area (Å²) in [4.78, 5) is 0.301. The summed E-state index contributed by atoms with van der Waals surface area (Å²) in [5.74, 6) is 1.24. The Bertz CT molecular complexity index is 584. The second kappa shape index (κ2) is 5.74. The van der Waals surface area contributed by atoms with E-state index in [9.17, 15) is 8.42 Å². The van der Waals surface area contributed by atoms with Gasteiger partial charge in [0.15, 0.2) is 0 Å². The van der Waals surface area contributed by atoms with Crippen molar-refractivity contribution < 1.29 is 8.42 Å². The molecule has 1 saturated carbocycles. The Balaban J connectivity index is 2.13. The molecule has 0 saturated heterocycles. The minimum atomic E-state index is -3.45. The first kappa shape index (κ1) is 15.3. The number of hydrogen-bond acceptors (Lipinski definition) is 3. The van der Waals surface area contributed by atoms with Gasteiger partial charge >= 0.3 is 0 Å². The van der Waals surface area contributed by atoms with E-state index in [0.717, 1.165) is 24.8 Å². The van der Waals surface area contributed by atoms with Gasteiger partial charge in [-0.15, -0.1) is 0 Å². The number of nitrogens with one attached hydrogen (secondary N) is 1. The van der Waals surface area contributed by atoms with E-state index in [0.29, 0.717) is 22.4 Å². The maximum absolute atomic E-state index is 12.4. The van der Waals surface area contributed by atoms with Crippen LogP contribution in [-0.4, -0.2) is 14.5 Å². The van der Waals surface area contributed by atoms with Gasteiger partial charge in [-0.25, -0.2) is 13.1 Å². The number of nitrogens with two attached hydrogens (primary N) is 1. The van der Waals surface area contributed by atoms with Crippen LogP contribution in [0.25, 0.3) is 0 Å². The monoisotopic (exact) mass is 296 g/mol. The molecule has 0 aliphatic heterocycles. The lowest BCUT2D eigenvalue weighted by atomic mass is 9.79. The Morgan fingerprint density at radius 2 is 1.90 bits per heavy atom. The summed E-state index contributed by atoms with van der Waals surface area (Å²) >= 11 is 0. The van der Waals surface area contributed by atoms with Gasteiger partial charge in [0.1, 0.15) is 0 Å². The first-order valence-electron chi connectivity index (χ1n) is 7.18. The quantitative estimate of drug-likeness (QED) is 0.842. The van der Waals surface area contributed by atoms with Crippen molar-refractivity contribution in [1.82, 2.24) is 4.72 Å². The van der Waals surface area contributed by atoms with Crippen molar-refractivity contribution >= 4 is 15.7 Å². The predicted molar refractivity (Wildman–Crippen MR) is 81.9 cm³/mol. The van der Waals surface area contributed by atoms with Crippen LogP contribution in [0.1, 0.15) is 38.7 Å². The Kier molecular flexibility index (Phi) is 4.39. The Hall–Kier alpha value is -1.07. The summed E-state index contributed by atoms with van der Waals surface area (Å²) in [6, 6.07) is 4.89. The summed E-state index contributed by atoms with van der Waals surface area (Å²) in [5, 5.41) is 0. The number of sulfonamides is 1. The highest BCUT2D eigenvalue weighted by Crippen LogP contribution is 2.30. The zero-order valence-corrected chi connectivity index (χ0v) is 13.2. The second-order valence-corrected chi connectivity index (χ2v) is 7.82. The summed E-state index contributed by atoms with van der Waals surface area (Å²) < 4.78 is 27.6. The van der Waals surface area contributed by atoms with Crippen LogP contribution in [0, 0.1) is 18.8 Å². The van der Waals surface area contributed by atoms with Crippen molar-refractivity contribution in [3.05, 3.63) is 23.8 Å². The lowest BCUT2D eigenvalue weighted by Gasteiger charge is -2.32. The smallest absolute Gasteiger partial charge is 0.240 e. The van der Waals surface area contributed by atoms with Gasteiger partial charge in [0.25, 0.3) is 0 Å². The van der Waals surface area contributed by atoms with Crippen molar-refractivity contribution in [3.63, 3.8) is 0 Å². The molecule has 4 nitrogen and oxygen atoms in total. The van der Waals surface area contributed by atoms with Gasteiger partial charge in [0.05, 0.1) is 4.90 Å². The van der Waals surface area contributed by atoms with Crippen LogP contribution in [0.15, 0.2) is 23.1 Å². The van der Waals surface area contributed by atoms with E-state index in [1.165, 1.54) is 0 Å². The SMILES string of the molecule is Cc1cc(S(=O)(=O)NC2CCC(C)C(C)C2)ccc1N. The fourth-order valence-corrected chi connectivity index (χ4v) is 4.13. The van der Waals surface area contributed by atoms with E-state index in [1.807, 2.05) is 6.92 Å². The van der Waals surface area contributed by atoms with Gasteiger partial charge in [-0.3, -0.25) is 0 Å². The van der Waals surface area contributed by atoms with Crippen molar-refractivity contribution in [1.29, 1.82) is 0 Å². The summed E-state index contributed by atoms with van der Waals surface area (Å²) in [6.45, 7) is 6.25. The normalized spacial score (nSPS) is 27.4. The van der Waals surface area contributed by atoms with E-state index in [-0.39, 0.29) is 6.04 Å². The maximum atomic E-state index is 12.4. The van der Waals surface area contributed by atoms with E-state index < -0.39 is 10.0 Å². The lowest BCUT2D eigenvalue weighted by molar-refractivity contribution is 0.242. The molecule has 1 aromatic carbocycles. The van der Waals surface area contributed by atoms with Crippen LogP contribution in [0.4, 0.5) is 5.69 Å². The van der Waals surface area contributed by atoms with Crippen molar-refractivity contribution in [2.75, 3.05) is 5.73 Å². The van der Waals surface area contributed by atoms with Crippen LogP contribution in [0.5, 0.6) is 0 Å². The van der Waals surface area contributed by atoms with Gasteiger partial charge < -0.3 is 5.73 Å².